The molecule has 4 unspecified atom stereocenters. The van der Waals surface area contributed by atoms with Gasteiger partial charge in [-0.05, 0) is 24.1 Å². The number of aliphatic carboxylic acids is 1. The van der Waals surface area contributed by atoms with Crippen LogP contribution in [0.15, 0.2) is 36.8 Å². The fourth-order valence-electron chi connectivity index (χ4n) is 3.58. The van der Waals surface area contributed by atoms with Gasteiger partial charge in [0, 0.05) is 31.2 Å². The van der Waals surface area contributed by atoms with Gasteiger partial charge in [-0.3, -0.25) is 24.0 Å². The minimum Gasteiger partial charge on any atom is -0.508 e. The number of carbonyl (C=O) groups excluding carboxylic acids is 5. The minimum absolute atomic E-state index is 0.0461. The second-order valence-corrected chi connectivity index (χ2v) is 8.96. The number of phenols is 1. The van der Waals surface area contributed by atoms with E-state index >= 15 is 0 Å². The van der Waals surface area contributed by atoms with Crippen LogP contribution in [0.2, 0.25) is 0 Å². The van der Waals surface area contributed by atoms with Crippen molar-refractivity contribution in [3.05, 3.63) is 48.0 Å². The number of aromatic amines is 1. The summed E-state index contributed by atoms with van der Waals surface area (Å²) in [4.78, 5) is 79.9. The van der Waals surface area contributed by atoms with E-state index in [1.165, 1.54) is 36.8 Å². The minimum atomic E-state index is -1.52. The van der Waals surface area contributed by atoms with E-state index in [0.29, 0.717) is 11.3 Å². The lowest BCUT2D eigenvalue weighted by Gasteiger charge is -2.25. The van der Waals surface area contributed by atoms with E-state index in [1.807, 2.05) is 0 Å². The van der Waals surface area contributed by atoms with Crippen LogP contribution < -0.4 is 33.2 Å². The Morgan fingerprint density at radius 3 is 2.00 bits per heavy atom. The number of imidazole rings is 1. The predicted molar refractivity (Wildman–Crippen MR) is 138 cm³/mol. The molecule has 1 heterocycles. The number of nitrogens with one attached hydrogen (secondary N) is 4. The second kappa shape index (κ2) is 14.8. The molecule has 12 N–H and O–H groups in total. The van der Waals surface area contributed by atoms with Crippen LogP contribution >= 0.6 is 0 Å². The van der Waals surface area contributed by atoms with Crippen LogP contribution in [0.25, 0.3) is 0 Å². The first-order valence-electron chi connectivity index (χ1n) is 12.1. The van der Waals surface area contributed by atoms with E-state index in [4.69, 9.17) is 17.2 Å². The Kier molecular flexibility index (Phi) is 11.6. The number of carboxylic acid groups (broad SMARTS) is 1. The maximum absolute atomic E-state index is 13.2. The van der Waals surface area contributed by atoms with Gasteiger partial charge in [0.25, 0.3) is 0 Å². The first kappa shape index (κ1) is 31.2. The molecule has 4 atom stereocenters. The molecule has 5 amide bonds. The zero-order valence-corrected chi connectivity index (χ0v) is 21.3. The Hall–Kier alpha value is -4.99. The molecule has 0 saturated heterocycles. The number of aromatic hydroxyl groups is 1. The number of amides is 5. The van der Waals surface area contributed by atoms with Gasteiger partial charge in [0.05, 0.1) is 18.8 Å². The number of nitrogens with two attached hydrogens (primary N) is 3. The van der Waals surface area contributed by atoms with E-state index in [-0.39, 0.29) is 31.4 Å². The monoisotopic (exact) mass is 560 g/mol. The number of hydrogen-bond acceptors (Lipinski definition) is 9. The quantitative estimate of drug-likeness (QED) is 0.0996. The number of benzene rings is 1. The maximum Gasteiger partial charge on any atom is 0.326 e. The number of aromatic nitrogens is 2. The number of H-pyrrole nitrogens is 1. The van der Waals surface area contributed by atoms with Crippen molar-refractivity contribution < 1.29 is 39.0 Å². The summed E-state index contributed by atoms with van der Waals surface area (Å²) in [6.45, 7) is 0. The summed E-state index contributed by atoms with van der Waals surface area (Å²) in [5.74, 6) is -5.88. The number of primary amides is 2. The van der Waals surface area contributed by atoms with Gasteiger partial charge >= 0.3 is 5.97 Å². The Morgan fingerprint density at radius 1 is 0.850 bits per heavy atom. The van der Waals surface area contributed by atoms with Crippen LogP contribution in [-0.4, -0.2) is 79.9 Å². The molecule has 0 fully saturated rings. The molecule has 0 aliphatic rings. The molecule has 0 spiro atoms. The Morgan fingerprint density at radius 2 is 1.45 bits per heavy atom. The molecule has 0 saturated carbocycles. The zero-order valence-electron chi connectivity index (χ0n) is 21.3. The van der Waals surface area contributed by atoms with Crippen molar-refractivity contribution in [1.82, 2.24) is 25.9 Å². The van der Waals surface area contributed by atoms with Gasteiger partial charge in [0.15, 0.2) is 0 Å². The largest absolute Gasteiger partial charge is 0.508 e. The van der Waals surface area contributed by atoms with Crippen LogP contribution in [0.5, 0.6) is 5.75 Å². The average Bonchev–Trinajstić information content (AvgIpc) is 3.39. The molecule has 0 aliphatic carbocycles. The molecule has 2 rings (SSSR count). The van der Waals surface area contributed by atoms with E-state index in [9.17, 15) is 39.0 Å². The van der Waals surface area contributed by atoms with Crippen molar-refractivity contribution >= 4 is 35.5 Å². The summed E-state index contributed by atoms with van der Waals surface area (Å²) < 4.78 is 0. The van der Waals surface area contributed by atoms with Crippen molar-refractivity contribution in [2.75, 3.05) is 0 Å². The lowest BCUT2D eigenvalue weighted by molar-refractivity contribution is -0.142. The SMILES string of the molecule is NC(=O)CCC(NC(=O)C(Cc1ccc(O)cc1)NC(=O)C(CC(N)=O)NC(=O)C(N)Cc1cnc[nH]1)C(=O)O. The summed E-state index contributed by atoms with van der Waals surface area (Å²) in [6, 6.07) is 0.0898. The van der Waals surface area contributed by atoms with Gasteiger partial charge in [-0.1, -0.05) is 12.1 Å². The number of phenolic OH excluding ortho intramolecular Hbond substituents is 1. The molecular formula is C24H32N8O8. The lowest BCUT2D eigenvalue weighted by Crippen LogP contribution is -2.58. The van der Waals surface area contributed by atoms with Crippen molar-refractivity contribution in [1.29, 1.82) is 0 Å². The fraction of sp³-hybridized carbons (Fsp3) is 0.375. The van der Waals surface area contributed by atoms with Gasteiger partial charge in [0.2, 0.25) is 29.5 Å². The third-order valence-corrected chi connectivity index (χ3v) is 5.67. The van der Waals surface area contributed by atoms with Crippen LogP contribution in [0.4, 0.5) is 0 Å². The van der Waals surface area contributed by atoms with Crippen molar-refractivity contribution in [2.24, 2.45) is 17.2 Å². The highest BCUT2D eigenvalue weighted by Crippen LogP contribution is 2.12. The normalized spacial score (nSPS) is 13.7. The fourth-order valence-corrected chi connectivity index (χ4v) is 3.58. The standard InChI is InChI=1S/C24H32N8O8/c25-15(8-13-10-28-11-29-13)21(36)31-18(9-20(27)35)23(38)32-17(7-12-1-3-14(33)4-2-12)22(37)30-16(24(39)40)5-6-19(26)34/h1-4,10-11,15-18,33H,5-9,25H2,(H2,26,34)(H2,27,35)(H,28,29)(H,30,37)(H,31,36)(H,32,38)(H,39,40). The smallest absolute Gasteiger partial charge is 0.326 e. The third-order valence-electron chi connectivity index (χ3n) is 5.67. The Bertz CT molecular complexity index is 1200. The van der Waals surface area contributed by atoms with Crippen LogP contribution in [0.1, 0.15) is 30.5 Å². The molecule has 0 aliphatic heterocycles. The average molecular weight is 561 g/mol. The molecule has 1 aromatic carbocycles. The van der Waals surface area contributed by atoms with Crippen LogP contribution in [0.3, 0.4) is 0 Å². The third kappa shape index (κ3) is 10.4. The molecule has 16 heteroatoms. The highest BCUT2D eigenvalue weighted by Gasteiger charge is 2.31. The molecule has 0 radical (unpaired) electrons. The summed E-state index contributed by atoms with van der Waals surface area (Å²) in [5.41, 5.74) is 17.3. The van der Waals surface area contributed by atoms with Gasteiger partial charge in [-0.25, -0.2) is 9.78 Å². The number of carbonyl (C=O) groups is 6. The first-order chi connectivity index (χ1) is 18.8. The summed E-state index contributed by atoms with van der Waals surface area (Å²) >= 11 is 0. The molecule has 1 aromatic heterocycles. The maximum atomic E-state index is 13.2. The first-order valence-corrected chi connectivity index (χ1v) is 12.1. The predicted octanol–water partition coefficient (Wildman–Crippen LogP) is -3.09. The van der Waals surface area contributed by atoms with E-state index in [1.54, 1.807) is 0 Å². The summed E-state index contributed by atoms with van der Waals surface area (Å²) in [6.07, 6.45) is 1.48. The topological polar surface area (TPSA) is 286 Å². The van der Waals surface area contributed by atoms with E-state index < -0.39 is 66.1 Å². The van der Waals surface area contributed by atoms with Crippen molar-refractivity contribution in [3.8, 4) is 5.75 Å². The van der Waals surface area contributed by atoms with Crippen LogP contribution in [-0.2, 0) is 41.6 Å². The summed E-state index contributed by atoms with van der Waals surface area (Å²) in [7, 11) is 0. The number of hydrogen-bond donors (Lipinski definition) is 9. The molecule has 40 heavy (non-hydrogen) atoms. The molecule has 2 aromatic rings. The zero-order chi connectivity index (χ0) is 29.8. The second-order valence-electron chi connectivity index (χ2n) is 8.96. The van der Waals surface area contributed by atoms with Crippen molar-refractivity contribution in [3.63, 3.8) is 0 Å². The van der Waals surface area contributed by atoms with Gasteiger partial charge < -0.3 is 48.3 Å². The van der Waals surface area contributed by atoms with E-state index in [0.717, 1.165) is 0 Å². The number of nitrogens with zero attached hydrogens (tertiary/aromatic N) is 1. The Balaban J connectivity index is 2.22. The highest BCUT2D eigenvalue weighted by molar-refractivity contribution is 5.96. The van der Waals surface area contributed by atoms with Gasteiger partial charge in [-0.2, -0.15) is 0 Å². The van der Waals surface area contributed by atoms with Gasteiger partial charge in [-0.15, -0.1) is 0 Å². The molecule has 216 valence electrons. The Labute approximate surface area is 228 Å². The molecule has 16 nitrogen and oxygen atoms in total. The van der Waals surface area contributed by atoms with Crippen LogP contribution in [0, 0.1) is 0 Å². The highest BCUT2D eigenvalue weighted by atomic mass is 16.4. The lowest BCUT2D eigenvalue weighted by atomic mass is 10.0. The number of carboxylic acids is 1. The van der Waals surface area contributed by atoms with E-state index in [2.05, 4.69) is 25.9 Å². The van der Waals surface area contributed by atoms with Gasteiger partial charge in [0.1, 0.15) is 23.9 Å². The molecular weight excluding hydrogens is 528 g/mol. The number of rotatable bonds is 16. The van der Waals surface area contributed by atoms with Crippen molar-refractivity contribution in [2.45, 2.75) is 56.3 Å². The summed E-state index contributed by atoms with van der Waals surface area (Å²) in [5, 5.41) is 26.0. The molecule has 0 bridgehead atoms.